The molecule has 3 N–H and O–H groups in total. The van der Waals surface area contributed by atoms with Crippen LogP contribution in [0, 0.1) is 64.1 Å². The number of amides is 2. The Morgan fingerprint density at radius 1 is 0.562 bits per heavy atom. The van der Waals surface area contributed by atoms with E-state index in [-0.39, 0.29) is 79.8 Å². The van der Waals surface area contributed by atoms with Gasteiger partial charge in [0.2, 0.25) is 0 Å². The highest BCUT2D eigenvalue weighted by Gasteiger charge is 2.51. The first kappa shape index (κ1) is 59.1. The lowest BCUT2D eigenvalue weighted by Crippen LogP contribution is -2.50. The van der Waals surface area contributed by atoms with Gasteiger partial charge < -0.3 is 29.8 Å². The average molecular weight is 1080 g/mol. The molecule has 2 fully saturated rings. The second-order valence-corrected chi connectivity index (χ2v) is 27.3. The van der Waals surface area contributed by atoms with Gasteiger partial charge in [0.1, 0.15) is 40.7 Å². The number of aryl methyl sites for hydroxylation is 1. The molecule has 4 atom stereocenters. The van der Waals surface area contributed by atoms with Crippen molar-refractivity contribution in [1.82, 2.24) is 10.3 Å². The molecular formula is C68H85N5O7. The Hall–Kier alpha value is -7.08. The van der Waals surface area contributed by atoms with Gasteiger partial charge in [-0.05, 0) is 114 Å². The molecule has 1 aliphatic heterocycles. The summed E-state index contributed by atoms with van der Waals surface area (Å²) in [7, 11) is 1.56. The van der Waals surface area contributed by atoms with Crippen molar-refractivity contribution < 1.29 is 33.4 Å². The summed E-state index contributed by atoms with van der Waals surface area (Å²) in [6.07, 6.45) is 2.56. The number of benzene rings is 4. The molecule has 2 amide bonds. The molecule has 4 unspecified atom stereocenters. The van der Waals surface area contributed by atoms with E-state index in [1.807, 2.05) is 79.7 Å². The van der Waals surface area contributed by atoms with Crippen LogP contribution < -0.4 is 15.4 Å². The van der Waals surface area contributed by atoms with Crippen molar-refractivity contribution in [2.75, 3.05) is 12.4 Å². The van der Waals surface area contributed by atoms with Gasteiger partial charge in [-0.2, -0.15) is 0 Å². The second kappa shape index (κ2) is 23.2. The molecule has 12 nitrogen and oxygen atoms in total. The molecule has 2 heterocycles. The fraction of sp³-hybridized carbons (Fsp3) is 0.471. The molecule has 2 saturated carbocycles. The molecule has 2 aliphatic carbocycles. The van der Waals surface area contributed by atoms with Crippen molar-refractivity contribution in [3.8, 4) is 16.9 Å². The van der Waals surface area contributed by atoms with E-state index in [4.69, 9.17) is 24.2 Å². The number of carbonyl (C=O) groups is 4. The van der Waals surface area contributed by atoms with E-state index in [1.54, 1.807) is 43.5 Å². The van der Waals surface area contributed by atoms with Crippen LogP contribution in [0.25, 0.3) is 16.7 Å². The number of anilines is 1. The van der Waals surface area contributed by atoms with Crippen LogP contribution in [0.5, 0.6) is 5.75 Å². The summed E-state index contributed by atoms with van der Waals surface area (Å²) >= 11 is 0. The van der Waals surface area contributed by atoms with Crippen molar-refractivity contribution in [3.63, 3.8) is 0 Å². The van der Waals surface area contributed by atoms with E-state index in [0.29, 0.717) is 51.0 Å². The first-order valence-corrected chi connectivity index (χ1v) is 28.6. The Bertz CT molecular complexity index is 3110. The zero-order chi connectivity index (χ0) is 58.2. The molecule has 0 saturated heterocycles. The Morgan fingerprint density at radius 3 is 1.44 bits per heavy atom. The number of hydrogen-bond acceptors (Lipinski definition) is 8. The number of nitrogens with zero attached hydrogens (tertiary/aromatic N) is 2. The number of aliphatic imine (C=N–C) groups is 2. The minimum absolute atomic E-state index is 0.0115. The molecule has 80 heavy (non-hydrogen) atoms. The molecule has 0 radical (unpaired) electrons. The van der Waals surface area contributed by atoms with Crippen LogP contribution >= 0.6 is 0 Å². The Morgan fingerprint density at radius 2 is 0.988 bits per heavy atom. The summed E-state index contributed by atoms with van der Waals surface area (Å²) in [5, 5.41) is 6.08. The van der Waals surface area contributed by atoms with Gasteiger partial charge in [-0.3, -0.25) is 9.59 Å². The number of amidine groups is 2. The number of aromatic nitrogens is 1. The second-order valence-electron chi connectivity index (χ2n) is 27.3. The van der Waals surface area contributed by atoms with Gasteiger partial charge in [-0.1, -0.05) is 175 Å². The summed E-state index contributed by atoms with van der Waals surface area (Å²) in [6, 6.07) is 32.6. The van der Waals surface area contributed by atoms with E-state index < -0.39 is 36.0 Å². The molecule has 12 heteroatoms. The predicted molar refractivity (Wildman–Crippen MR) is 321 cm³/mol. The number of methoxy groups -OCH3 is 1. The lowest BCUT2D eigenvalue weighted by atomic mass is 9.59. The fourth-order valence-electron chi connectivity index (χ4n) is 12.5. The lowest BCUT2D eigenvalue weighted by molar-refractivity contribution is -0.164. The smallest absolute Gasteiger partial charge is 0.343 e. The standard InChI is InChI=1S/C68H85N5O7/c1-39-27-29-44(30-28-39)61(74)72-59-53(63(76)79-55-47(65(4,5)6)35-40(2)36-48(55)66(7,8)9)51(42-23-19-17-20-24-42)57(70-59)69-58-52(43-25-21-18-22-26-43)54(60(71-58)73-62(75)45-31-33-46(78-16)34-32-45)64(77)80-56-49(67(10,11)12)37-41(3)38-50(56)68(13,14)15/h17-34,40-41,47-50,55-56,70H,35-38H2,1-16H3,(H,72,74)(H,69,71,73,75). The van der Waals surface area contributed by atoms with E-state index in [2.05, 4.69) is 113 Å². The molecule has 1 aromatic heterocycles. The average Bonchev–Trinajstić information content (AvgIpc) is 3.94. The molecular weight excluding hydrogens is 999 g/mol. The number of aromatic amines is 1. The maximum absolute atomic E-state index is 15.8. The van der Waals surface area contributed by atoms with Crippen molar-refractivity contribution in [1.29, 1.82) is 0 Å². The number of esters is 2. The minimum atomic E-state index is -0.653. The number of rotatable bonds is 11. The van der Waals surface area contributed by atoms with Gasteiger partial charge in [-0.15, -0.1) is 0 Å². The topological polar surface area (TPSA) is 161 Å². The maximum atomic E-state index is 15.8. The molecule has 8 rings (SSSR count). The van der Waals surface area contributed by atoms with Gasteiger partial charge in [-0.25, -0.2) is 19.6 Å². The molecule has 0 spiro atoms. The van der Waals surface area contributed by atoms with Gasteiger partial charge in [0.05, 0.1) is 7.11 Å². The maximum Gasteiger partial charge on any atom is 0.343 e. The Labute approximate surface area is 475 Å². The molecule has 0 bridgehead atoms. The summed E-state index contributed by atoms with van der Waals surface area (Å²) < 4.78 is 19.4. The van der Waals surface area contributed by atoms with Crippen LogP contribution in [0.1, 0.15) is 165 Å². The van der Waals surface area contributed by atoms with Gasteiger partial charge in [0.25, 0.3) is 11.8 Å². The van der Waals surface area contributed by atoms with E-state index in [1.165, 1.54) is 0 Å². The van der Waals surface area contributed by atoms with Gasteiger partial charge in [0, 0.05) is 45.9 Å². The zero-order valence-corrected chi connectivity index (χ0v) is 50.1. The number of hydrogen-bond donors (Lipinski definition) is 3. The Kier molecular flexibility index (Phi) is 17.1. The molecule has 5 aromatic rings. The van der Waals surface area contributed by atoms with E-state index in [0.717, 1.165) is 31.2 Å². The van der Waals surface area contributed by atoms with E-state index >= 15 is 9.59 Å². The van der Waals surface area contributed by atoms with E-state index in [9.17, 15) is 9.59 Å². The highest BCUT2D eigenvalue weighted by atomic mass is 16.5. The first-order chi connectivity index (χ1) is 37.5. The number of nitrogens with one attached hydrogen (secondary N) is 3. The quantitative estimate of drug-likeness (QED) is 0.111. The predicted octanol–water partition coefficient (Wildman–Crippen LogP) is 15.5. The monoisotopic (exact) mass is 1080 g/mol. The zero-order valence-electron chi connectivity index (χ0n) is 50.1. The number of carbonyl (C=O) groups excluding carboxylic acids is 4. The van der Waals surface area contributed by atoms with Gasteiger partial charge >= 0.3 is 11.9 Å². The number of ether oxygens (including phenoxy) is 3. The van der Waals surface area contributed by atoms with Crippen molar-refractivity contribution in [3.05, 3.63) is 143 Å². The van der Waals surface area contributed by atoms with Crippen LogP contribution in [-0.2, 0) is 14.3 Å². The summed E-state index contributed by atoms with van der Waals surface area (Å²) in [4.78, 5) is 74.3. The van der Waals surface area contributed by atoms with Gasteiger partial charge in [0.15, 0.2) is 11.7 Å². The summed E-state index contributed by atoms with van der Waals surface area (Å²) in [5.74, 6) is -0.553. The summed E-state index contributed by atoms with van der Waals surface area (Å²) in [5.41, 5.74) is 2.79. The largest absolute Gasteiger partial charge is 0.497 e. The summed E-state index contributed by atoms with van der Waals surface area (Å²) in [6.45, 7) is 33.0. The normalized spacial score (nSPS) is 23.3. The molecule has 424 valence electrons. The highest BCUT2D eigenvalue weighted by Crippen LogP contribution is 2.52. The minimum Gasteiger partial charge on any atom is -0.497 e. The third-order valence-electron chi connectivity index (χ3n) is 16.9. The van der Waals surface area contributed by atoms with Crippen molar-refractivity contribution in [2.45, 2.75) is 142 Å². The Balaban J connectivity index is 1.38. The fourth-order valence-corrected chi connectivity index (χ4v) is 12.5. The van der Waals surface area contributed by atoms with Crippen molar-refractivity contribution in [2.24, 2.45) is 67.2 Å². The van der Waals surface area contributed by atoms with Crippen molar-refractivity contribution >= 4 is 52.6 Å². The van der Waals surface area contributed by atoms with Crippen LogP contribution in [0.3, 0.4) is 0 Å². The van der Waals surface area contributed by atoms with Crippen LogP contribution in [-0.4, -0.2) is 59.7 Å². The molecule has 4 aromatic carbocycles. The van der Waals surface area contributed by atoms with Crippen LogP contribution in [0.4, 0.5) is 11.6 Å². The van der Waals surface area contributed by atoms with Crippen LogP contribution in [0.15, 0.2) is 125 Å². The number of H-pyrrole nitrogens is 1. The third kappa shape index (κ3) is 13.1. The highest BCUT2D eigenvalue weighted by molar-refractivity contribution is 6.45. The SMILES string of the molecule is COc1ccc(C(=O)NC2=NC(=Nc3[nH]c(NC(=O)c4ccc(C)cc4)c(C(=O)OC4C(C(C)(C)C)CC(C)CC4C(C)(C)C)c3-c3ccccc3)C(c3ccccc3)=C2C(=O)OC2C(C(C)(C)C)CC(C)CC2C(C)(C)C)cc1. The third-order valence-corrected chi connectivity index (χ3v) is 16.9. The lowest BCUT2D eigenvalue weighted by Gasteiger charge is -2.50. The van der Waals surface area contributed by atoms with Crippen LogP contribution in [0.2, 0.25) is 0 Å². The molecule has 3 aliphatic rings. The first-order valence-electron chi connectivity index (χ1n) is 28.6.